The molecule has 10 heteroatoms. The summed E-state index contributed by atoms with van der Waals surface area (Å²) in [7, 11) is 0. The fourth-order valence-corrected chi connectivity index (χ4v) is 3.04. The standard InChI is InChI=1S/C20H22F3N3O4/c1-2-30-18-11-15(17(27)12-16(18)26-6-8-29-9-7-26)25-19(28)24-14-5-3-4-13(10-14)20(21,22)23/h3-5,10-12,27H,2,6-9H2,1H3,(H2,24,25,28). The minimum atomic E-state index is -4.52. The molecule has 2 aromatic rings. The maximum atomic E-state index is 12.8. The number of carbonyl (C=O) groups excluding carboxylic acids is 1. The topological polar surface area (TPSA) is 83.1 Å². The van der Waals surface area contributed by atoms with E-state index in [0.29, 0.717) is 44.3 Å². The van der Waals surface area contributed by atoms with Crippen LogP contribution in [0.3, 0.4) is 0 Å². The van der Waals surface area contributed by atoms with E-state index >= 15 is 0 Å². The first-order valence-corrected chi connectivity index (χ1v) is 9.35. The highest BCUT2D eigenvalue weighted by Gasteiger charge is 2.30. The van der Waals surface area contributed by atoms with Gasteiger partial charge in [-0.1, -0.05) is 6.07 Å². The zero-order chi connectivity index (χ0) is 21.7. The number of phenols is 1. The normalized spacial score (nSPS) is 14.3. The molecular formula is C20H22F3N3O4. The molecule has 1 fully saturated rings. The number of amides is 2. The first-order valence-electron chi connectivity index (χ1n) is 9.35. The van der Waals surface area contributed by atoms with E-state index in [1.54, 1.807) is 0 Å². The lowest BCUT2D eigenvalue weighted by atomic mass is 10.2. The van der Waals surface area contributed by atoms with Gasteiger partial charge < -0.3 is 30.1 Å². The van der Waals surface area contributed by atoms with Gasteiger partial charge in [0.25, 0.3) is 0 Å². The van der Waals surface area contributed by atoms with Crippen molar-refractivity contribution in [3.8, 4) is 11.5 Å². The summed E-state index contributed by atoms with van der Waals surface area (Å²) in [5.41, 5.74) is -0.171. The Bertz CT molecular complexity index is 899. The van der Waals surface area contributed by atoms with Gasteiger partial charge in [0.05, 0.1) is 36.8 Å². The number of ether oxygens (including phenoxy) is 2. The smallest absolute Gasteiger partial charge is 0.416 e. The second-order valence-corrected chi connectivity index (χ2v) is 6.53. The highest BCUT2D eigenvalue weighted by atomic mass is 19.4. The van der Waals surface area contributed by atoms with Crippen LogP contribution in [0.1, 0.15) is 12.5 Å². The van der Waals surface area contributed by atoms with Crippen LogP contribution in [-0.2, 0) is 10.9 Å². The van der Waals surface area contributed by atoms with Crippen LogP contribution >= 0.6 is 0 Å². The van der Waals surface area contributed by atoms with E-state index in [9.17, 15) is 23.1 Å². The van der Waals surface area contributed by atoms with Gasteiger partial charge in [0.2, 0.25) is 0 Å². The van der Waals surface area contributed by atoms with Crippen LogP contribution < -0.4 is 20.3 Å². The van der Waals surface area contributed by atoms with Crippen LogP contribution in [0.25, 0.3) is 0 Å². The average Bonchev–Trinajstić information content (AvgIpc) is 2.70. The highest BCUT2D eigenvalue weighted by Crippen LogP contribution is 2.38. The molecule has 1 heterocycles. The molecule has 0 aromatic heterocycles. The van der Waals surface area contributed by atoms with Crippen LogP contribution in [0, 0.1) is 0 Å². The van der Waals surface area contributed by atoms with E-state index in [2.05, 4.69) is 10.6 Å². The molecule has 2 aromatic carbocycles. The third kappa shape index (κ3) is 5.26. The van der Waals surface area contributed by atoms with Gasteiger partial charge in [0.1, 0.15) is 11.5 Å². The Labute approximate surface area is 171 Å². The van der Waals surface area contributed by atoms with Crippen molar-refractivity contribution in [2.45, 2.75) is 13.1 Å². The number of halogens is 3. The second-order valence-electron chi connectivity index (χ2n) is 6.53. The Morgan fingerprint density at radius 3 is 2.60 bits per heavy atom. The number of carbonyl (C=O) groups is 1. The van der Waals surface area contributed by atoms with Crippen molar-refractivity contribution < 1.29 is 32.5 Å². The largest absolute Gasteiger partial charge is 0.506 e. The predicted molar refractivity (Wildman–Crippen MR) is 106 cm³/mol. The minimum absolute atomic E-state index is 0.0308. The molecule has 0 saturated carbocycles. The summed E-state index contributed by atoms with van der Waals surface area (Å²) in [6.07, 6.45) is -4.52. The molecule has 0 radical (unpaired) electrons. The van der Waals surface area contributed by atoms with Crippen molar-refractivity contribution in [3.63, 3.8) is 0 Å². The van der Waals surface area contributed by atoms with Crippen LogP contribution in [0.5, 0.6) is 11.5 Å². The Morgan fingerprint density at radius 2 is 1.93 bits per heavy atom. The van der Waals surface area contributed by atoms with Crippen molar-refractivity contribution in [1.29, 1.82) is 0 Å². The van der Waals surface area contributed by atoms with Gasteiger partial charge in [-0.25, -0.2) is 4.79 Å². The fourth-order valence-electron chi connectivity index (χ4n) is 3.04. The number of nitrogens with one attached hydrogen (secondary N) is 2. The molecule has 0 bridgehead atoms. The quantitative estimate of drug-likeness (QED) is 0.623. The number of rotatable bonds is 5. The summed E-state index contributed by atoms with van der Waals surface area (Å²) < 4.78 is 49.5. The number of hydrogen-bond acceptors (Lipinski definition) is 5. The molecule has 1 aliphatic rings. The number of anilines is 3. The van der Waals surface area contributed by atoms with Crippen molar-refractivity contribution in [1.82, 2.24) is 0 Å². The number of nitrogens with zero attached hydrogens (tertiary/aromatic N) is 1. The first-order chi connectivity index (χ1) is 14.3. The van der Waals surface area contributed by atoms with E-state index in [-0.39, 0.29) is 17.1 Å². The van der Waals surface area contributed by atoms with Crippen molar-refractivity contribution in [2.24, 2.45) is 0 Å². The molecule has 2 amide bonds. The van der Waals surface area contributed by atoms with Crippen molar-refractivity contribution in [2.75, 3.05) is 48.4 Å². The zero-order valence-corrected chi connectivity index (χ0v) is 16.3. The minimum Gasteiger partial charge on any atom is -0.506 e. The first kappa shape index (κ1) is 21.6. The van der Waals surface area contributed by atoms with E-state index in [1.165, 1.54) is 24.3 Å². The van der Waals surface area contributed by atoms with Gasteiger partial charge in [-0.15, -0.1) is 0 Å². The van der Waals surface area contributed by atoms with Crippen LogP contribution in [-0.4, -0.2) is 44.0 Å². The molecule has 1 aliphatic heterocycles. The summed E-state index contributed by atoms with van der Waals surface area (Å²) in [6, 6.07) is 6.43. The number of morpholine rings is 1. The lowest BCUT2D eigenvalue weighted by molar-refractivity contribution is -0.137. The Hall–Kier alpha value is -3.14. The van der Waals surface area contributed by atoms with E-state index in [0.717, 1.165) is 12.1 Å². The number of alkyl halides is 3. The zero-order valence-electron chi connectivity index (χ0n) is 16.3. The van der Waals surface area contributed by atoms with Gasteiger partial charge in [-0.3, -0.25) is 0 Å². The van der Waals surface area contributed by atoms with Crippen molar-refractivity contribution >= 4 is 23.1 Å². The Kier molecular flexibility index (Phi) is 6.56. The Morgan fingerprint density at radius 1 is 1.20 bits per heavy atom. The molecule has 0 aliphatic carbocycles. The number of phenolic OH excluding ortho intramolecular Hbond substituents is 1. The maximum Gasteiger partial charge on any atom is 0.416 e. The summed E-state index contributed by atoms with van der Waals surface area (Å²) in [4.78, 5) is 14.3. The lowest BCUT2D eigenvalue weighted by Crippen LogP contribution is -2.36. The molecule has 3 N–H and O–H groups in total. The third-order valence-electron chi connectivity index (χ3n) is 4.42. The third-order valence-corrected chi connectivity index (χ3v) is 4.42. The Balaban J connectivity index is 1.77. The van der Waals surface area contributed by atoms with Crippen molar-refractivity contribution in [3.05, 3.63) is 42.0 Å². The number of urea groups is 1. The van der Waals surface area contributed by atoms with E-state index in [4.69, 9.17) is 9.47 Å². The number of hydrogen-bond donors (Lipinski definition) is 3. The van der Waals surface area contributed by atoms with Crippen LogP contribution in [0.4, 0.5) is 35.0 Å². The number of benzene rings is 2. The SMILES string of the molecule is CCOc1cc(NC(=O)Nc2cccc(C(F)(F)F)c2)c(O)cc1N1CCOCC1. The number of aromatic hydroxyl groups is 1. The predicted octanol–water partition coefficient (Wildman–Crippen LogP) is 4.29. The van der Waals surface area contributed by atoms with Gasteiger partial charge in [0, 0.05) is 30.9 Å². The van der Waals surface area contributed by atoms with Crippen LogP contribution in [0.15, 0.2) is 36.4 Å². The van der Waals surface area contributed by atoms with Gasteiger partial charge in [-0.2, -0.15) is 13.2 Å². The van der Waals surface area contributed by atoms with E-state index in [1.807, 2.05) is 11.8 Å². The average molecular weight is 425 g/mol. The highest BCUT2D eigenvalue weighted by molar-refractivity contribution is 6.01. The summed E-state index contributed by atoms with van der Waals surface area (Å²) in [6.45, 7) is 4.53. The monoisotopic (exact) mass is 425 g/mol. The molecule has 0 spiro atoms. The molecule has 30 heavy (non-hydrogen) atoms. The van der Waals surface area contributed by atoms with Gasteiger partial charge >= 0.3 is 12.2 Å². The molecule has 1 saturated heterocycles. The molecule has 0 unspecified atom stereocenters. The van der Waals surface area contributed by atoms with Gasteiger partial charge in [-0.05, 0) is 25.1 Å². The van der Waals surface area contributed by atoms with Crippen LogP contribution in [0.2, 0.25) is 0 Å². The molecule has 3 rings (SSSR count). The molecule has 0 atom stereocenters. The summed E-state index contributed by atoms with van der Waals surface area (Å²) >= 11 is 0. The van der Waals surface area contributed by atoms with E-state index < -0.39 is 17.8 Å². The second kappa shape index (κ2) is 9.12. The summed E-state index contributed by atoms with van der Waals surface area (Å²) in [5.74, 6) is 0.269. The fraction of sp³-hybridized carbons (Fsp3) is 0.350. The maximum absolute atomic E-state index is 12.8. The van der Waals surface area contributed by atoms with Gasteiger partial charge in [0.15, 0.2) is 0 Å². The molecule has 162 valence electrons. The lowest BCUT2D eigenvalue weighted by Gasteiger charge is -2.30. The molecular weight excluding hydrogens is 403 g/mol. The molecule has 7 nitrogen and oxygen atoms in total. The summed E-state index contributed by atoms with van der Waals surface area (Å²) in [5, 5.41) is 15.1.